The van der Waals surface area contributed by atoms with E-state index in [9.17, 15) is 26.8 Å². The molecule has 1 atom stereocenters. The number of nitrogens with one attached hydrogen (secondary N) is 1. The minimum atomic E-state index is -3.89. The van der Waals surface area contributed by atoms with E-state index < -0.39 is 40.2 Å². The first-order chi connectivity index (χ1) is 15.5. The van der Waals surface area contributed by atoms with Gasteiger partial charge in [0.1, 0.15) is 24.2 Å². The number of sulfonamides is 1. The van der Waals surface area contributed by atoms with Gasteiger partial charge in [-0.15, -0.1) is 0 Å². The van der Waals surface area contributed by atoms with Gasteiger partial charge in [0.05, 0.1) is 11.9 Å². The zero-order chi connectivity index (χ0) is 24.6. The van der Waals surface area contributed by atoms with Gasteiger partial charge >= 0.3 is 0 Å². The maximum atomic E-state index is 13.3. The lowest BCUT2D eigenvalue weighted by atomic mass is 10.1. The molecule has 10 heteroatoms. The van der Waals surface area contributed by atoms with E-state index in [0.29, 0.717) is 12.1 Å². The van der Waals surface area contributed by atoms with Crippen molar-refractivity contribution < 1.29 is 26.8 Å². The molecule has 0 bridgehead atoms. The summed E-state index contributed by atoms with van der Waals surface area (Å²) >= 11 is 0. The third-order valence-corrected chi connectivity index (χ3v) is 6.20. The number of carbonyl (C=O) groups excluding carboxylic acids is 2. The molecule has 1 N–H and O–H groups in total. The topological polar surface area (TPSA) is 86.8 Å². The summed E-state index contributed by atoms with van der Waals surface area (Å²) in [6.07, 6.45) is 2.60. The highest BCUT2D eigenvalue weighted by atomic mass is 32.2. The Morgan fingerprint density at radius 3 is 2.06 bits per heavy atom. The van der Waals surface area contributed by atoms with Crippen molar-refractivity contribution in [1.29, 1.82) is 0 Å². The second-order valence-corrected chi connectivity index (χ2v) is 9.62. The molecule has 0 heterocycles. The lowest BCUT2D eigenvalue weighted by Crippen LogP contribution is -2.51. The summed E-state index contributed by atoms with van der Waals surface area (Å²) in [5.41, 5.74) is 0.694. The molecule has 0 aliphatic heterocycles. The van der Waals surface area contributed by atoms with Gasteiger partial charge in [0.25, 0.3) is 0 Å². The fraction of sp³-hybridized carbons (Fsp3) is 0.391. The third-order valence-electron chi connectivity index (χ3n) is 5.06. The highest BCUT2D eigenvalue weighted by molar-refractivity contribution is 7.92. The Balaban J connectivity index is 2.32. The molecule has 2 rings (SSSR count). The Morgan fingerprint density at radius 1 is 1.00 bits per heavy atom. The van der Waals surface area contributed by atoms with Gasteiger partial charge in [0.15, 0.2) is 0 Å². The van der Waals surface area contributed by atoms with E-state index in [4.69, 9.17) is 0 Å². The molecule has 0 fully saturated rings. The molecule has 0 saturated carbocycles. The molecule has 33 heavy (non-hydrogen) atoms. The van der Waals surface area contributed by atoms with Crippen LogP contribution in [0.1, 0.15) is 32.3 Å². The summed E-state index contributed by atoms with van der Waals surface area (Å²) < 4.78 is 52.3. The number of carbonyl (C=O) groups is 2. The van der Waals surface area contributed by atoms with Crippen molar-refractivity contribution in [2.24, 2.45) is 0 Å². The van der Waals surface area contributed by atoms with Crippen LogP contribution in [-0.2, 0) is 26.2 Å². The van der Waals surface area contributed by atoms with Gasteiger partial charge in [-0.05, 0) is 55.3 Å². The smallest absolute Gasteiger partial charge is 0.244 e. The number of amides is 2. The molecule has 0 aromatic heterocycles. The Hall–Kier alpha value is -3.01. The number of benzene rings is 2. The molecule has 7 nitrogen and oxygen atoms in total. The third kappa shape index (κ3) is 7.81. The van der Waals surface area contributed by atoms with Gasteiger partial charge in [0.2, 0.25) is 21.8 Å². The molecule has 0 aliphatic carbocycles. The molecular weight excluding hydrogens is 452 g/mol. The molecule has 180 valence electrons. The summed E-state index contributed by atoms with van der Waals surface area (Å²) in [6, 6.07) is 9.27. The van der Waals surface area contributed by atoms with Crippen LogP contribution in [-0.4, -0.2) is 50.5 Å². The van der Waals surface area contributed by atoms with Crippen molar-refractivity contribution >= 4 is 27.5 Å². The van der Waals surface area contributed by atoms with Crippen molar-refractivity contribution in [2.45, 2.75) is 39.3 Å². The summed E-state index contributed by atoms with van der Waals surface area (Å²) in [4.78, 5) is 27.2. The fourth-order valence-electron chi connectivity index (χ4n) is 3.13. The molecule has 0 radical (unpaired) electrons. The zero-order valence-electron chi connectivity index (χ0n) is 18.9. The first-order valence-electron chi connectivity index (χ1n) is 10.6. The lowest BCUT2D eigenvalue weighted by Gasteiger charge is -2.31. The van der Waals surface area contributed by atoms with Gasteiger partial charge in [0, 0.05) is 13.1 Å². The molecule has 0 unspecified atom stereocenters. The fourth-order valence-corrected chi connectivity index (χ4v) is 3.98. The van der Waals surface area contributed by atoms with Crippen molar-refractivity contribution in [3.05, 3.63) is 65.7 Å². The summed E-state index contributed by atoms with van der Waals surface area (Å²) in [6.45, 7) is 3.37. The van der Waals surface area contributed by atoms with Crippen molar-refractivity contribution in [1.82, 2.24) is 10.2 Å². The zero-order valence-corrected chi connectivity index (χ0v) is 19.7. The minimum absolute atomic E-state index is 0.0253. The molecule has 2 aromatic carbocycles. The van der Waals surface area contributed by atoms with Gasteiger partial charge < -0.3 is 10.2 Å². The van der Waals surface area contributed by atoms with Crippen molar-refractivity contribution in [3.63, 3.8) is 0 Å². The number of hydrogen-bond acceptors (Lipinski definition) is 4. The summed E-state index contributed by atoms with van der Waals surface area (Å²) in [7, 11) is -3.89. The number of hydrogen-bond donors (Lipinski definition) is 1. The summed E-state index contributed by atoms with van der Waals surface area (Å²) in [5, 5.41) is 2.77. The Kier molecular flexibility index (Phi) is 9.33. The van der Waals surface area contributed by atoms with Gasteiger partial charge in [-0.3, -0.25) is 13.9 Å². The average Bonchev–Trinajstić information content (AvgIpc) is 2.76. The molecular formula is C23H29F2N3O4S. The van der Waals surface area contributed by atoms with Crippen LogP contribution < -0.4 is 9.62 Å². The van der Waals surface area contributed by atoms with Gasteiger partial charge in [-0.2, -0.15) is 0 Å². The second kappa shape index (κ2) is 11.7. The quantitative estimate of drug-likeness (QED) is 0.500. The number of rotatable bonds is 11. The van der Waals surface area contributed by atoms with E-state index in [-0.39, 0.29) is 18.1 Å². The molecule has 0 saturated heterocycles. The average molecular weight is 482 g/mol. The van der Waals surface area contributed by atoms with Crippen LogP contribution in [0.25, 0.3) is 0 Å². The van der Waals surface area contributed by atoms with E-state index in [1.165, 1.54) is 41.3 Å². The highest BCUT2D eigenvalue weighted by Gasteiger charge is 2.30. The largest absolute Gasteiger partial charge is 0.354 e. The predicted molar refractivity (Wildman–Crippen MR) is 123 cm³/mol. The van der Waals surface area contributed by atoms with Crippen LogP contribution >= 0.6 is 0 Å². The standard InChI is InChI=1S/C23H29F2N3O4S/c1-4-5-14-26-23(30)17(2)27(15-18-6-8-19(24)9-7-18)22(29)16-28(33(3,31)32)21-12-10-20(25)11-13-21/h6-13,17H,4-5,14-16H2,1-3H3,(H,26,30)/t17-/m0/s1. The Bertz CT molecular complexity index is 1040. The van der Waals surface area contributed by atoms with Crippen LogP contribution in [0.15, 0.2) is 48.5 Å². The second-order valence-electron chi connectivity index (χ2n) is 7.71. The van der Waals surface area contributed by atoms with Crippen molar-refractivity contribution in [3.8, 4) is 0 Å². The molecule has 0 spiro atoms. The monoisotopic (exact) mass is 481 g/mol. The maximum Gasteiger partial charge on any atom is 0.244 e. The van der Waals surface area contributed by atoms with Crippen LogP contribution in [0.5, 0.6) is 0 Å². The van der Waals surface area contributed by atoms with E-state index in [1.54, 1.807) is 6.92 Å². The van der Waals surface area contributed by atoms with Crippen LogP contribution in [0, 0.1) is 11.6 Å². The minimum Gasteiger partial charge on any atom is -0.354 e. The predicted octanol–water partition coefficient (Wildman–Crippen LogP) is 3.06. The van der Waals surface area contributed by atoms with Crippen LogP contribution in [0.4, 0.5) is 14.5 Å². The first kappa shape index (κ1) is 26.2. The summed E-state index contributed by atoms with van der Waals surface area (Å²) in [5.74, 6) is -2.01. The number of nitrogens with zero attached hydrogens (tertiary/aromatic N) is 2. The number of unbranched alkanes of at least 4 members (excludes halogenated alkanes) is 1. The first-order valence-corrected chi connectivity index (χ1v) is 12.4. The van der Waals surface area contributed by atoms with E-state index in [0.717, 1.165) is 35.5 Å². The SMILES string of the molecule is CCCCNC(=O)[C@H](C)N(Cc1ccc(F)cc1)C(=O)CN(c1ccc(F)cc1)S(C)(=O)=O. The van der Waals surface area contributed by atoms with E-state index >= 15 is 0 Å². The molecule has 2 amide bonds. The maximum absolute atomic E-state index is 13.3. The van der Waals surface area contributed by atoms with Gasteiger partial charge in [-0.25, -0.2) is 17.2 Å². The van der Waals surface area contributed by atoms with E-state index in [2.05, 4.69) is 5.32 Å². The molecule has 2 aromatic rings. The normalized spacial score (nSPS) is 12.2. The van der Waals surface area contributed by atoms with Crippen LogP contribution in [0.3, 0.4) is 0 Å². The number of halogens is 2. The Labute approximate surface area is 193 Å². The van der Waals surface area contributed by atoms with Crippen molar-refractivity contribution in [2.75, 3.05) is 23.7 Å². The Morgan fingerprint density at radius 2 is 1.55 bits per heavy atom. The molecule has 0 aliphatic rings. The number of anilines is 1. The highest BCUT2D eigenvalue weighted by Crippen LogP contribution is 2.19. The lowest BCUT2D eigenvalue weighted by molar-refractivity contribution is -0.139. The van der Waals surface area contributed by atoms with Crippen LogP contribution in [0.2, 0.25) is 0 Å². The van der Waals surface area contributed by atoms with Gasteiger partial charge in [-0.1, -0.05) is 25.5 Å². The van der Waals surface area contributed by atoms with E-state index in [1.807, 2.05) is 6.92 Å².